The molecule has 3 rings (SSSR count). The van der Waals surface area contributed by atoms with Crippen LogP contribution in [-0.2, 0) is 21.2 Å². The maximum atomic E-state index is 13.3. The molecule has 3 aromatic carbocycles. The van der Waals surface area contributed by atoms with Gasteiger partial charge < -0.3 is 5.32 Å². The molecule has 162 valence electrons. The first-order valence-electron chi connectivity index (χ1n) is 10.2. The van der Waals surface area contributed by atoms with Gasteiger partial charge in [0, 0.05) is 12.2 Å². The lowest BCUT2D eigenvalue weighted by molar-refractivity contribution is -0.116. The monoisotopic (exact) mass is 436 g/mol. The number of rotatable bonds is 8. The first-order valence-corrected chi connectivity index (χ1v) is 11.7. The molecule has 0 aliphatic heterocycles. The quantitative estimate of drug-likeness (QED) is 0.566. The van der Waals surface area contributed by atoms with Crippen LogP contribution in [0.4, 0.5) is 5.69 Å². The first kappa shape index (κ1) is 22.7. The lowest BCUT2D eigenvalue weighted by Crippen LogP contribution is -2.39. The second kappa shape index (κ2) is 9.90. The van der Waals surface area contributed by atoms with Gasteiger partial charge in [-0.3, -0.25) is 4.79 Å². The summed E-state index contributed by atoms with van der Waals surface area (Å²) in [5.74, 6) is -0.367. The number of aryl methyl sites for hydroxylation is 3. The fourth-order valence-corrected chi connectivity index (χ4v) is 4.85. The lowest BCUT2D eigenvalue weighted by Gasteiger charge is -2.22. The fraction of sp³-hybridized carbons (Fsp3) is 0.240. The van der Waals surface area contributed by atoms with Gasteiger partial charge in [-0.2, -0.15) is 4.31 Å². The van der Waals surface area contributed by atoms with Gasteiger partial charge in [-0.25, -0.2) is 8.42 Å². The smallest absolute Gasteiger partial charge is 0.243 e. The average molecular weight is 437 g/mol. The Kier molecular flexibility index (Phi) is 7.25. The Morgan fingerprint density at radius 2 is 1.45 bits per heavy atom. The number of amides is 1. The van der Waals surface area contributed by atoms with Crippen molar-refractivity contribution in [3.63, 3.8) is 0 Å². The standard InChI is InChI=1S/C25H28N2O3S/c1-19-9-11-24(12-10-19)31(29,30)27(14-13-22-7-5-4-6-8-22)18-25(28)26-23-16-20(2)15-21(3)17-23/h4-12,15-17H,13-14,18H2,1-3H3,(H,26,28). The molecule has 0 radical (unpaired) electrons. The van der Waals surface area contributed by atoms with E-state index in [-0.39, 0.29) is 23.9 Å². The summed E-state index contributed by atoms with van der Waals surface area (Å²) in [6.07, 6.45) is 0.517. The van der Waals surface area contributed by atoms with E-state index in [0.717, 1.165) is 22.3 Å². The molecule has 6 heteroatoms. The van der Waals surface area contributed by atoms with E-state index in [1.807, 2.05) is 69.3 Å². The van der Waals surface area contributed by atoms with Gasteiger partial charge in [0.25, 0.3) is 0 Å². The minimum atomic E-state index is -3.82. The van der Waals surface area contributed by atoms with E-state index in [2.05, 4.69) is 5.32 Å². The van der Waals surface area contributed by atoms with E-state index >= 15 is 0 Å². The Bertz CT molecular complexity index is 1120. The summed E-state index contributed by atoms with van der Waals surface area (Å²) < 4.78 is 27.9. The highest BCUT2D eigenvalue weighted by Gasteiger charge is 2.26. The molecular weight excluding hydrogens is 408 g/mol. The van der Waals surface area contributed by atoms with E-state index in [4.69, 9.17) is 0 Å². The number of nitrogens with zero attached hydrogens (tertiary/aromatic N) is 1. The zero-order valence-electron chi connectivity index (χ0n) is 18.1. The van der Waals surface area contributed by atoms with Gasteiger partial charge in [-0.05, 0) is 68.1 Å². The van der Waals surface area contributed by atoms with E-state index in [0.29, 0.717) is 12.1 Å². The summed E-state index contributed by atoms with van der Waals surface area (Å²) in [5, 5.41) is 2.84. The molecule has 0 saturated carbocycles. The third-order valence-corrected chi connectivity index (χ3v) is 6.84. The molecule has 0 unspecified atom stereocenters. The molecule has 3 aromatic rings. The summed E-state index contributed by atoms with van der Waals surface area (Å²) >= 11 is 0. The summed E-state index contributed by atoms with van der Waals surface area (Å²) in [6, 6.07) is 22.1. The van der Waals surface area contributed by atoms with Crippen LogP contribution < -0.4 is 5.32 Å². The molecule has 0 bridgehead atoms. The molecule has 1 amide bonds. The maximum absolute atomic E-state index is 13.3. The Morgan fingerprint density at radius 1 is 0.839 bits per heavy atom. The van der Waals surface area contributed by atoms with Gasteiger partial charge in [-0.1, -0.05) is 54.1 Å². The number of hydrogen-bond donors (Lipinski definition) is 1. The number of anilines is 1. The minimum Gasteiger partial charge on any atom is -0.325 e. The van der Waals surface area contributed by atoms with Crippen molar-refractivity contribution >= 4 is 21.6 Å². The van der Waals surface area contributed by atoms with E-state index < -0.39 is 10.0 Å². The number of nitrogens with one attached hydrogen (secondary N) is 1. The van der Waals surface area contributed by atoms with Crippen molar-refractivity contribution in [3.8, 4) is 0 Å². The van der Waals surface area contributed by atoms with Crippen molar-refractivity contribution in [1.82, 2.24) is 4.31 Å². The van der Waals surface area contributed by atoms with Crippen LogP contribution in [0.1, 0.15) is 22.3 Å². The van der Waals surface area contributed by atoms with Gasteiger partial charge in [0.15, 0.2) is 0 Å². The normalized spacial score (nSPS) is 11.5. The summed E-state index contributed by atoms with van der Waals surface area (Å²) in [6.45, 7) is 5.77. The zero-order valence-corrected chi connectivity index (χ0v) is 18.9. The molecule has 0 aromatic heterocycles. The van der Waals surface area contributed by atoms with Gasteiger partial charge >= 0.3 is 0 Å². The average Bonchev–Trinajstić information content (AvgIpc) is 2.71. The van der Waals surface area contributed by atoms with Crippen molar-refractivity contribution < 1.29 is 13.2 Å². The number of carbonyl (C=O) groups excluding carboxylic acids is 1. The largest absolute Gasteiger partial charge is 0.325 e. The number of benzene rings is 3. The molecule has 0 heterocycles. The van der Waals surface area contributed by atoms with E-state index in [1.54, 1.807) is 24.3 Å². The van der Waals surface area contributed by atoms with Gasteiger partial charge in [0.05, 0.1) is 11.4 Å². The Morgan fingerprint density at radius 3 is 2.06 bits per heavy atom. The third kappa shape index (κ3) is 6.26. The molecule has 0 atom stereocenters. The molecule has 0 aliphatic carbocycles. The SMILES string of the molecule is Cc1ccc(S(=O)(=O)N(CCc2ccccc2)CC(=O)Nc2cc(C)cc(C)c2)cc1. The van der Waals surface area contributed by atoms with Gasteiger partial charge in [0.2, 0.25) is 15.9 Å². The molecule has 5 nitrogen and oxygen atoms in total. The predicted molar refractivity (Wildman–Crippen MR) is 125 cm³/mol. The molecule has 0 spiro atoms. The molecule has 0 fully saturated rings. The fourth-order valence-electron chi connectivity index (χ4n) is 3.45. The van der Waals surface area contributed by atoms with Crippen molar-refractivity contribution in [2.75, 3.05) is 18.4 Å². The van der Waals surface area contributed by atoms with Crippen LogP contribution in [0.25, 0.3) is 0 Å². The Labute approximate surface area is 184 Å². The highest BCUT2D eigenvalue weighted by Crippen LogP contribution is 2.18. The summed E-state index contributed by atoms with van der Waals surface area (Å²) in [4.78, 5) is 13.0. The van der Waals surface area contributed by atoms with Crippen molar-refractivity contribution in [3.05, 3.63) is 95.1 Å². The van der Waals surface area contributed by atoms with Crippen LogP contribution in [0.3, 0.4) is 0 Å². The van der Waals surface area contributed by atoms with Crippen LogP contribution in [0.15, 0.2) is 77.7 Å². The number of carbonyl (C=O) groups is 1. The van der Waals surface area contributed by atoms with E-state index in [9.17, 15) is 13.2 Å². The Balaban J connectivity index is 1.82. The van der Waals surface area contributed by atoms with Gasteiger partial charge in [-0.15, -0.1) is 0 Å². The first-order chi connectivity index (χ1) is 14.7. The van der Waals surface area contributed by atoms with Crippen molar-refractivity contribution in [2.45, 2.75) is 32.1 Å². The second-order valence-corrected chi connectivity index (χ2v) is 9.75. The molecule has 0 aliphatic rings. The topological polar surface area (TPSA) is 66.5 Å². The zero-order chi connectivity index (χ0) is 22.4. The maximum Gasteiger partial charge on any atom is 0.243 e. The van der Waals surface area contributed by atoms with Crippen molar-refractivity contribution in [2.24, 2.45) is 0 Å². The van der Waals surface area contributed by atoms with Crippen LogP contribution in [0.5, 0.6) is 0 Å². The number of sulfonamides is 1. The molecular formula is C25H28N2O3S. The van der Waals surface area contributed by atoms with Gasteiger partial charge in [0.1, 0.15) is 0 Å². The van der Waals surface area contributed by atoms with Crippen LogP contribution >= 0.6 is 0 Å². The highest BCUT2D eigenvalue weighted by atomic mass is 32.2. The van der Waals surface area contributed by atoms with Crippen LogP contribution in [0, 0.1) is 20.8 Å². The third-order valence-electron chi connectivity index (χ3n) is 4.98. The molecule has 0 saturated heterocycles. The molecule has 1 N–H and O–H groups in total. The summed E-state index contributed by atoms with van der Waals surface area (Å²) in [7, 11) is -3.82. The molecule has 31 heavy (non-hydrogen) atoms. The number of hydrogen-bond acceptors (Lipinski definition) is 3. The summed E-state index contributed by atoms with van der Waals surface area (Å²) in [5.41, 5.74) is 4.72. The van der Waals surface area contributed by atoms with Crippen LogP contribution in [-0.4, -0.2) is 31.7 Å². The minimum absolute atomic E-state index is 0.186. The van der Waals surface area contributed by atoms with E-state index in [1.165, 1.54) is 4.31 Å². The highest BCUT2D eigenvalue weighted by molar-refractivity contribution is 7.89. The van der Waals surface area contributed by atoms with Crippen molar-refractivity contribution in [1.29, 1.82) is 0 Å². The second-order valence-electron chi connectivity index (χ2n) is 7.81. The van der Waals surface area contributed by atoms with Crippen LogP contribution in [0.2, 0.25) is 0 Å². The predicted octanol–water partition coefficient (Wildman–Crippen LogP) is 4.48. The lowest BCUT2D eigenvalue weighted by atomic mass is 10.1. The Hall–Kier alpha value is -2.96.